The lowest BCUT2D eigenvalue weighted by Gasteiger charge is -2.11. The van der Waals surface area contributed by atoms with Crippen LogP contribution in [0.1, 0.15) is 11.1 Å². The van der Waals surface area contributed by atoms with Crippen molar-refractivity contribution in [2.75, 3.05) is 13.2 Å². The molecule has 0 aliphatic heterocycles. The Morgan fingerprint density at radius 3 is 1.86 bits per heavy atom. The molecule has 4 rings (SSSR count). The van der Waals surface area contributed by atoms with Crippen LogP contribution in [-0.4, -0.2) is 13.2 Å². The topological polar surface area (TPSA) is 18.5 Å². The van der Waals surface area contributed by atoms with Gasteiger partial charge in [0, 0.05) is 18.2 Å². The maximum Gasteiger partial charge on any atom is 0.127 e. The molecule has 0 unspecified atom stereocenters. The molecule has 0 spiro atoms. The summed E-state index contributed by atoms with van der Waals surface area (Å²) in [7, 11) is 0. The van der Waals surface area contributed by atoms with Gasteiger partial charge in [-0.25, -0.2) is 0 Å². The third-order valence-electron chi connectivity index (χ3n) is 4.81. The molecule has 0 aliphatic rings. The predicted molar refractivity (Wildman–Crippen MR) is 115 cm³/mol. The summed E-state index contributed by atoms with van der Waals surface area (Å²) in [5.41, 5.74) is 2.58. The zero-order valence-corrected chi connectivity index (χ0v) is 15.9. The highest BCUT2D eigenvalue weighted by atomic mass is 16.5. The Balaban J connectivity index is 1.38. The Bertz CT molecular complexity index is 1010. The van der Waals surface area contributed by atoms with Crippen LogP contribution in [0.4, 0.5) is 0 Å². The maximum atomic E-state index is 6.06. The Morgan fingerprint density at radius 2 is 1.18 bits per heavy atom. The fourth-order valence-electron chi connectivity index (χ4n) is 3.30. The first-order valence-electron chi connectivity index (χ1n) is 9.75. The second-order valence-corrected chi connectivity index (χ2v) is 6.81. The second-order valence-electron chi connectivity index (χ2n) is 6.81. The first-order chi connectivity index (χ1) is 13.9. The van der Waals surface area contributed by atoms with E-state index in [2.05, 4.69) is 66.7 Å². The maximum absolute atomic E-state index is 6.06. The van der Waals surface area contributed by atoms with Crippen LogP contribution in [0.2, 0.25) is 0 Å². The highest BCUT2D eigenvalue weighted by Crippen LogP contribution is 2.29. The minimum Gasteiger partial charge on any atom is -0.493 e. The molecule has 0 heterocycles. The zero-order valence-electron chi connectivity index (χ0n) is 15.9. The monoisotopic (exact) mass is 368 g/mol. The summed E-state index contributed by atoms with van der Waals surface area (Å²) in [6.45, 7) is 1.33. The Hall–Kier alpha value is -3.26. The summed E-state index contributed by atoms with van der Waals surface area (Å²) < 4.78 is 12.0. The first-order valence-corrected chi connectivity index (χ1v) is 9.75. The van der Waals surface area contributed by atoms with E-state index in [1.165, 1.54) is 11.1 Å². The van der Waals surface area contributed by atoms with Gasteiger partial charge < -0.3 is 9.47 Å². The fourth-order valence-corrected chi connectivity index (χ4v) is 3.30. The van der Waals surface area contributed by atoms with Crippen LogP contribution in [0, 0.1) is 0 Å². The van der Waals surface area contributed by atoms with Crippen LogP contribution < -0.4 is 9.47 Å². The minimum atomic E-state index is 0.665. The molecule has 2 nitrogen and oxygen atoms in total. The first kappa shape index (κ1) is 18.1. The average molecular weight is 368 g/mol. The largest absolute Gasteiger partial charge is 0.493 e. The van der Waals surface area contributed by atoms with E-state index in [0.717, 1.165) is 35.1 Å². The lowest BCUT2D eigenvalue weighted by Crippen LogP contribution is -2.02. The minimum absolute atomic E-state index is 0.665. The molecule has 0 atom stereocenters. The summed E-state index contributed by atoms with van der Waals surface area (Å²) in [4.78, 5) is 0. The molecular weight excluding hydrogens is 344 g/mol. The van der Waals surface area contributed by atoms with Crippen LogP contribution >= 0.6 is 0 Å². The molecule has 0 amide bonds. The molecule has 140 valence electrons. The highest BCUT2D eigenvalue weighted by molar-refractivity contribution is 5.89. The number of hydrogen-bond acceptors (Lipinski definition) is 2. The molecule has 0 aromatic heterocycles. The third kappa shape index (κ3) is 4.72. The number of fused-ring (bicyclic) bond motifs is 1. The predicted octanol–water partition coefficient (Wildman–Crippen LogP) is 6.08. The molecule has 2 heteroatoms. The van der Waals surface area contributed by atoms with Gasteiger partial charge >= 0.3 is 0 Å². The van der Waals surface area contributed by atoms with E-state index in [0.29, 0.717) is 13.2 Å². The van der Waals surface area contributed by atoms with E-state index in [1.807, 2.05) is 30.3 Å². The van der Waals surface area contributed by atoms with Crippen LogP contribution in [0.3, 0.4) is 0 Å². The van der Waals surface area contributed by atoms with Crippen molar-refractivity contribution in [2.45, 2.75) is 12.8 Å². The van der Waals surface area contributed by atoms with E-state index in [9.17, 15) is 0 Å². The fraction of sp³-hybridized carbons (Fsp3) is 0.154. The van der Waals surface area contributed by atoms with Crippen molar-refractivity contribution in [1.29, 1.82) is 0 Å². The molecule has 4 aromatic carbocycles. The van der Waals surface area contributed by atoms with Crippen molar-refractivity contribution in [3.8, 4) is 11.5 Å². The van der Waals surface area contributed by atoms with E-state index < -0.39 is 0 Å². The SMILES string of the molecule is c1ccc(CCOc2ccc3c(OCCc4ccccc4)cccc3c2)cc1. The smallest absolute Gasteiger partial charge is 0.127 e. The van der Waals surface area contributed by atoms with Gasteiger partial charge in [0.1, 0.15) is 11.5 Å². The Labute approximate surface area is 166 Å². The van der Waals surface area contributed by atoms with Gasteiger partial charge in [-0.1, -0.05) is 72.8 Å². The molecule has 0 saturated carbocycles. The molecule has 0 bridgehead atoms. The third-order valence-corrected chi connectivity index (χ3v) is 4.81. The second kappa shape index (κ2) is 9.09. The van der Waals surface area contributed by atoms with Crippen molar-refractivity contribution < 1.29 is 9.47 Å². The van der Waals surface area contributed by atoms with Crippen molar-refractivity contribution in [3.05, 3.63) is 108 Å². The van der Waals surface area contributed by atoms with Gasteiger partial charge in [0.15, 0.2) is 0 Å². The highest BCUT2D eigenvalue weighted by Gasteiger charge is 2.04. The van der Waals surface area contributed by atoms with Crippen molar-refractivity contribution in [2.24, 2.45) is 0 Å². The molecule has 0 saturated heterocycles. The van der Waals surface area contributed by atoms with Gasteiger partial charge in [0.05, 0.1) is 13.2 Å². The molecule has 0 fully saturated rings. The van der Waals surface area contributed by atoms with E-state index in [4.69, 9.17) is 9.47 Å². The molecule has 0 N–H and O–H groups in total. The van der Waals surface area contributed by atoms with Crippen molar-refractivity contribution in [3.63, 3.8) is 0 Å². The van der Waals surface area contributed by atoms with Gasteiger partial charge in [0.25, 0.3) is 0 Å². The molecule has 4 aromatic rings. The van der Waals surface area contributed by atoms with E-state index in [-0.39, 0.29) is 0 Å². The van der Waals surface area contributed by atoms with Crippen LogP contribution in [0.5, 0.6) is 11.5 Å². The molecule has 0 aliphatic carbocycles. The normalized spacial score (nSPS) is 10.7. The van der Waals surface area contributed by atoms with Gasteiger partial charge in [-0.05, 0) is 40.8 Å². The number of benzene rings is 4. The average Bonchev–Trinajstić information content (AvgIpc) is 2.75. The summed E-state index contributed by atoms with van der Waals surface area (Å²) >= 11 is 0. The summed E-state index contributed by atoms with van der Waals surface area (Å²) in [6.07, 6.45) is 1.80. The van der Waals surface area contributed by atoms with Crippen molar-refractivity contribution in [1.82, 2.24) is 0 Å². The van der Waals surface area contributed by atoms with Crippen molar-refractivity contribution >= 4 is 10.8 Å². The quantitative estimate of drug-likeness (QED) is 0.375. The van der Waals surface area contributed by atoms with Crippen LogP contribution in [-0.2, 0) is 12.8 Å². The molecule has 28 heavy (non-hydrogen) atoms. The van der Waals surface area contributed by atoms with Gasteiger partial charge in [-0.15, -0.1) is 0 Å². The summed E-state index contributed by atoms with van der Waals surface area (Å²) in [5, 5.41) is 2.25. The van der Waals surface area contributed by atoms with Crippen LogP contribution in [0.25, 0.3) is 10.8 Å². The zero-order chi connectivity index (χ0) is 19.0. The Kier molecular flexibility index (Phi) is 5.89. The Morgan fingerprint density at radius 1 is 0.536 bits per heavy atom. The van der Waals surface area contributed by atoms with Gasteiger partial charge in [0.2, 0.25) is 0 Å². The number of ether oxygens (including phenoxy) is 2. The molecule has 0 radical (unpaired) electrons. The lowest BCUT2D eigenvalue weighted by molar-refractivity contribution is 0.321. The summed E-state index contributed by atoms with van der Waals surface area (Å²) in [5.74, 6) is 1.81. The standard InChI is InChI=1S/C26H24O2/c1-3-8-21(9-4-1)16-18-27-24-14-15-25-23(20-24)12-7-13-26(25)28-19-17-22-10-5-2-6-11-22/h1-15,20H,16-19H2. The lowest BCUT2D eigenvalue weighted by atomic mass is 10.1. The molecular formula is C26H24O2. The van der Waals surface area contributed by atoms with E-state index in [1.54, 1.807) is 0 Å². The van der Waals surface area contributed by atoms with Gasteiger partial charge in [-0.3, -0.25) is 0 Å². The number of hydrogen-bond donors (Lipinski definition) is 0. The number of rotatable bonds is 8. The van der Waals surface area contributed by atoms with Crippen LogP contribution in [0.15, 0.2) is 97.1 Å². The van der Waals surface area contributed by atoms with E-state index >= 15 is 0 Å². The van der Waals surface area contributed by atoms with Gasteiger partial charge in [-0.2, -0.15) is 0 Å². The summed E-state index contributed by atoms with van der Waals surface area (Å²) in [6, 6.07) is 33.2.